The van der Waals surface area contributed by atoms with E-state index < -0.39 is 5.56 Å². The SMILES string of the molecule is O=C(Cn1cnc2c(nnn2-c2ccc(Br)cc2)c1=O)NC[C@@H]1CCCO1. The molecule has 0 aliphatic carbocycles. The van der Waals surface area contributed by atoms with Gasteiger partial charge in [-0.15, -0.1) is 5.10 Å². The predicted molar refractivity (Wildman–Crippen MR) is 101 cm³/mol. The van der Waals surface area contributed by atoms with E-state index in [9.17, 15) is 9.59 Å². The number of rotatable bonds is 5. The van der Waals surface area contributed by atoms with Gasteiger partial charge < -0.3 is 10.1 Å². The summed E-state index contributed by atoms with van der Waals surface area (Å²) in [6, 6.07) is 7.40. The van der Waals surface area contributed by atoms with E-state index in [4.69, 9.17) is 4.74 Å². The molecule has 0 unspecified atom stereocenters. The third kappa shape index (κ3) is 3.76. The fraction of sp³-hybridized carbons (Fsp3) is 0.353. The fourth-order valence-electron chi connectivity index (χ4n) is 2.96. The molecule has 3 heterocycles. The van der Waals surface area contributed by atoms with Gasteiger partial charge in [0.15, 0.2) is 11.2 Å². The topological polar surface area (TPSA) is 104 Å². The molecule has 1 N–H and O–H groups in total. The monoisotopic (exact) mass is 432 g/mol. The van der Waals surface area contributed by atoms with Crippen LogP contribution in [0.1, 0.15) is 12.8 Å². The molecule has 9 nitrogen and oxygen atoms in total. The largest absolute Gasteiger partial charge is 0.376 e. The van der Waals surface area contributed by atoms with Crippen molar-refractivity contribution in [2.45, 2.75) is 25.5 Å². The second kappa shape index (κ2) is 7.57. The molecule has 0 spiro atoms. The van der Waals surface area contributed by atoms with Crippen molar-refractivity contribution in [1.29, 1.82) is 0 Å². The van der Waals surface area contributed by atoms with Crippen molar-refractivity contribution in [3.8, 4) is 5.69 Å². The Kier molecular flexibility index (Phi) is 4.99. The molecule has 1 saturated heterocycles. The number of aromatic nitrogens is 5. The van der Waals surface area contributed by atoms with Crippen LogP contribution in [0.4, 0.5) is 0 Å². The standard InChI is InChI=1S/C17H17BrN6O3/c18-11-3-5-12(6-4-11)24-16-15(21-22-24)17(26)23(10-20-16)9-14(25)19-8-13-2-1-7-27-13/h3-6,10,13H,1-2,7-9H2,(H,19,25)/t13-/m0/s1. The zero-order chi connectivity index (χ0) is 18.8. The van der Waals surface area contributed by atoms with Crippen molar-refractivity contribution in [1.82, 2.24) is 29.9 Å². The van der Waals surface area contributed by atoms with Gasteiger partial charge in [-0.25, -0.2) is 4.98 Å². The second-order valence-electron chi connectivity index (χ2n) is 6.27. The number of fused-ring (bicyclic) bond motifs is 1. The van der Waals surface area contributed by atoms with Crippen LogP contribution in [0.5, 0.6) is 0 Å². The molecule has 0 saturated carbocycles. The van der Waals surface area contributed by atoms with Gasteiger partial charge in [0.1, 0.15) is 12.9 Å². The van der Waals surface area contributed by atoms with E-state index in [2.05, 4.69) is 36.5 Å². The zero-order valence-corrected chi connectivity index (χ0v) is 15.9. The molecular formula is C17H17BrN6O3. The summed E-state index contributed by atoms with van der Waals surface area (Å²) in [5.41, 5.74) is 0.793. The minimum atomic E-state index is -0.407. The summed E-state index contributed by atoms with van der Waals surface area (Å²) in [6.45, 7) is 1.05. The molecule has 1 amide bonds. The highest BCUT2D eigenvalue weighted by Crippen LogP contribution is 2.15. The lowest BCUT2D eigenvalue weighted by atomic mass is 10.2. The van der Waals surface area contributed by atoms with Crippen LogP contribution in [0.15, 0.2) is 39.9 Å². The summed E-state index contributed by atoms with van der Waals surface area (Å²) in [5.74, 6) is -0.269. The van der Waals surface area contributed by atoms with Crippen molar-refractivity contribution < 1.29 is 9.53 Å². The molecule has 1 aromatic carbocycles. The normalized spacial score (nSPS) is 16.7. The highest BCUT2D eigenvalue weighted by atomic mass is 79.9. The average Bonchev–Trinajstić information content (AvgIpc) is 3.33. The van der Waals surface area contributed by atoms with E-state index in [1.807, 2.05) is 24.3 Å². The first-order chi connectivity index (χ1) is 13.1. The third-order valence-electron chi connectivity index (χ3n) is 4.37. The second-order valence-corrected chi connectivity index (χ2v) is 7.18. The van der Waals surface area contributed by atoms with Crippen LogP contribution in [0.3, 0.4) is 0 Å². The Morgan fingerprint density at radius 3 is 2.89 bits per heavy atom. The number of hydrogen-bond acceptors (Lipinski definition) is 6. The van der Waals surface area contributed by atoms with E-state index in [1.165, 1.54) is 15.6 Å². The first kappa shape index (κ1) is 17.8. The number of ether oxygens (including phenoxy) is 1. The number of halogens is 1. The van der Waals surface area contributed by atoms with Crippen LogP contribution in [0, 0.1) is 0 Å². The highest BCUT2D eigenvalue weighted by Gasteiger charge is 2.18. The van der Waals surface area contributed by atoms with E-state index in [0.717, 1.165) is 29.6 Å². The Morgan fingerprint density at radius 1 is 1.33 bits per heavy atom. The van der Waals surface area contributed by atoms with Crippen LogP contribution < -0.4 is 10.9 Å². The molecule has 1 aliphatic heterocycles. The van der Waals surface area contributed by atoms with Crippen molar-refractivity contribution in [3.63, 3.8) is 0 Å². The molecule has 4 rings (SSSR count). The first-order valence-corrected chi connectivity index (χ1v) is 9.36. The number of carbonyl (C=O) groups is 1. The molecule has 0 radical (unpaired) electrons. The summed E-state index contributed by atoms with van der Waals surface area (Å²) in [7, 11) is 0. The molecule has 3 aromatic rings. The van der Waals surface area contributed by atoms with Gasteiger partial charge in [-0.05, 0) is 37.1 Å². The van der Waals surface area contributed by atoms with Gasteiger partial charge in [0, 0.05) is 17.6 Å². The maximum atomic E-state index is 12.6. The lowest BCUT2D eigenvalue weighted by molar-refractivity contribution is -0.122. The molecule has 27 heavy (non-hydrogen) atoms. The summed E-state index contributed by atoms with van der Waals surface area (Å²) in [6.07, 6.45) is 3.34. The Morgan fingerprint density at radius 2 is 2.15 bits per heavy atom. The number of carbonyl (C=O) groups excluding carboxylic acids is 1. The molecule has 1 fully saturated rings. The molecule has 140 valence electrons. The highest BCUT2D eigenvalue weighted by molar-refractivity contribution is 9.10. The van der Waals surface area contributed by atoms with Crippen LogP contribution in [-0.4, -0.2) is 49.7 Å². The maximum absolute atomic E-state index is 12.6. The average molecular weight is 433 g/mol. The lowest BCUT2D eigenvalue weighted by Gasteiger charge is -2.11. The zero-order valence-electron chi connectivity index (χ0n) is 14.3. The van der Waals surface area contributed by atoms with Gasteiger partial charge in [0.05, 0.1) is 11.8 Å². The van der Waals surface area contributed by atoms with Crippen LogP contribution >= 0.6 is 15.9 Å². The number of nitrogens with zero attached hydrogens (tertiary/aromatic N) is 5. The lowest BCUT2D eigenvalue weighted by Crippen LogP contribution is -2.36. The van der Waals surface area contributed by atoms with Gasteiger partial charge in [0.25, 0.3) is 5.56 Å². The van der Waals surface area contributed by atoms with E-state index in [1.54, 1.807) is 0 Å². The van der Waals surface area contributed by atoms with E-state index in [-0.39, 0.29) is 24.1 Å². The number of benzene rings is 1. The number of nitrogens with one attached hydrogen (secondary N) is 1. The first-order valence-electron chi connectivity index (χ1n) is 8.57. The van der Waals surface area contributed by atoms with Gasteiger partial charge >= 0.3 is 0 Å². The van der Waals surface area contributed by atoms with Crippen LogP contribution in [0.2, 0.25) is 0 Å². The van der Waals surface area contributed by atoms with Gasteiger partial charge in [-0.3, -0.25) is 14.2 Å². The Balaban J connectivity index is 1.53. The summed E-state index contributed by atoms with van der Waals surface area (Å²) >= 11 is 3.38. The molecule has 2 aromatic heterocycles. The maximum Gasteiger partial charge on any atom is 0.284 e. The van der Waals surface area contributed by atoms with Crippen molar-refractivity contribution in [2.75, 3.05) is 13.2 Å². The number of hydrogen-bond donors (Lipinski definition) is 1. The van der Waals surface area contributed by atoms with Crippen molar-refractivity contribution in [3.05, 3.63) is 45.4 Å². The predicted octanol–water partition coefficient (Wildman–Crippen LogP) is 1.03. The fourth-order valence-corrected chi connectivity index (χ4v) is 3.22. The molecule has 1 atom stereocenters. The summed E-state index contributed by atoms with van der Waals surface area (Å²) < 4.78 is 9.12. The quantitative estimate of drug-likeness (QED) is 0.645. The van der Waals surface area contributed by atoms with E-state index in [0.29, 0.717) is 12.2 Å². The van der Waals surface area contributed by atoms with Crippen molar-refractivity contribution in [2.24, 2.45) is 0 Å². The minimum absolute atomic E-state index is 0.0529. The van der Waals surface area contributed by atoms with E-state index >= 15 is 0 Å². The van der Waals surface area contributed by atoms with Crippen LogP contribution in [-0.2, 0) is 16.1 Å². The summed E-state index contributed by atoms with van der Waals surface area (Å²) in [4.78, 5) is 29.0. The smallest absolute Gasteiger partial charge is 0.284 e. The minimum Gasteiger partial charge on any atom is -0.376 e. The summed E-state index contributed by atoms with van der Waals surface area (Å²) in [5, 5.41) is 10.8. The third-order valence-corrected chi connectivity index (χ3v) is 4.89. The Labute approximate surface area is 162 Å². The van der Waals surface area contributed by atoms with Gasteiger partial charge in [0.2, 0.25) is 5.91 Å². The molecule has 10 heteroatoms. The number of amides is 1. The molecular weight excluding hydrogens is 416 g/mol. The van der Waals surface area contributed by atoms with Crippen LogP contribution in [0.25, 0.3) is 16.9 Å². The molecule has 0 bridgehead atoms. The van der Waals surface area contributed by atoms with Gasteiger partial charge in [-0.2, -0.15) is 4.68 Å². The molecule has 1 aliphatic rings. The Bertz CT molecular complexity index is 1020. The van der Waals surface area contributed by atoms with Crippen molar-refractivity contribution >= 4 is 33.0 Å². The van der Waals surface area contributed by atoms with Gasteiger partial charge in [-0.1, -0.05) is 21.1 Å². The Hall–Kier alpha value is -2.59.